The van der Waals surface area contributed by atoms with E-state index in [0.717, 1.165) is 0 Å². The number of nitrogen functional groups attached to an aromatic ring is 1. The smallest absolute Gasteiger partial charge is 0.330 e. The standard InChI is InChI=1S/C13H18N2O3/c1-8-9(6-5-7-10(8)14)11(16)15-13(2,3)12(17)18-4/h5-7H,14H2,1-4H3,(H,15,16). The molecule has 0 aliphatic rings. The summed E-state index contributed by atoms with van der Waals surface area (Å²) in [5.41, 5.74) is 6.34. The lowest BCUT2D eigenvalue weighted by Crippen LogP contribution is -2.50. The lowest BCUT2D eigenvalue weighted by Gasteiger charge is -2.23. The third-order valence-corrected chi connectivity index (χ3v) is 2.74. The Morgan fingerprint density at radius 1 is 1.33 bits per heavy atom. The van der Waals surface area contributed by atoms with Gasteiger partial charge in [0.1, 0.15) is 5.54 Å². The molecule has 0 aromatic heterocycles. The van der Waals surface area contributed by atoms with Crippen LogP contribution < -0.4 is 11.1 Å². The van der Waals surface area contributed by atoms with Crippen LogP contribution in [0.1, 0.15) is 29.8 Å². The van der Waals surface area contributed by atoms with E-state index in [0.29, 0.717) is 16.8 Å². The molecule has 5 nitrogen and oxygen atoms in total. The Balaban J connectivity index is 2.96. The van der Waals surface area contributed by atoms with Gasteiger partial charge in [0.2, 0.25) is 0 Å². The van der Waals surface area contributed by atoms with Gasteiger partial charge in [-0.1, -0.05) is 6.07 Å². The van der Waals surface area contributed by atoms with Crippen LogP contribution in [-0.2, 0) is 9.53 Å². The monoisotopic (exact) mass is 250 g/mol. The molecule has 0 heterocycles. The fourth-order valence-corrected chi connectivity index (χ4v) is 1.56. The van der Waals surface area contributed by atoms with Crippen molar-refractivity contribution in [2.24, 2.45) is 0 Å². The highest BCUT2D eigenvalue weighted by Crippen LogP contribution is 2.16. The maximum Gasteiger partial charge on any atom is 0.330 e. The molecular formula is C13H18N2O3. The van der Waals surface area contributed by atoms with Crippen molar-refractivity contribution in [1.82, 2.24) is 5.32 Å². The van der Waals surface area contributed by atoms with Gasteiger partial charge in [-0.15, -0.1) is 0 Å². The molecule has 0 unspecified atom stereocenters. The second-order valence-electron chi connectivity index (χ2n) is 4.59. The summed E-state index contributed by atoms with van der Waals surface area (Å²) in [6.07, 6.45) is 0. The van der Waals surface area contributed by atoms with E-state index < -0.39 is 11.5 Å². The summed E-state index contributed by atoms with van der Waals surface area (Å²) < 4.78 is 4.63. The molecule has 0 saturated carbocycles. The van der Waals surface area contributed by atoms with E-state index in [-0.39, 0.29) is 5.91 Å². The van der Waals surface area contributed by atoms with Gasteiger partial charge in [-0.3, -0.25) is 4.79 Å². The van der Waals surface area contributed by atoms with Crippen molar-refractivity contribution in [2.45, 2.75) is 26.3 Å². The van der Waals surface area contributed by atoms with E-state index >= 15 is 0 Å². The first-order chi connectivity index (χ1) is 8.29. The topological polar surface area (TPSA) is 81.4 Å². The van der Waals surface area contributed by atoms with E-state index in [9.17, 15) is 9.59 Å². The van der Waals surface area contributed by atoms with E-state index in [1.807, 2.05) is 0 Å². The average molecular weight is 250 g/mol. The summed E-state index contributed by atoms with van der Waals surface area (Å²) in [4.78, 5) is 23.6. The molecule has 1 amide bonds. The van der Waals surface area contributed by atoms with Crippen molar-refractivity contribution < 1.29 is 14.3 Å². The van der Waals surface area contributed by atoms with Gasteiger partial charge in [0, 0.05) is 11.3 Å². The van der Waals surface area contributed by atoms with Gasteiger partial charge >= 0.3 is 5.97 Å². The van der Waals surface area contributed by atoms with Gasteiger partial charge < -0.3 is 15.8 Å². The minimum atomic E-state index is -1.08. The molecule has 0 atom stereocenters. The van der Waals surface area contributed by atoms with Crippen molar-refractivity contribution >= 4 is 17.6 Å². The molecule has 18 heavy (non-hydrogen) atoms. The van der Waals surface area contributed by atoms with Crippen molar-refractivity contribution in [2.75, 3.05) is 12.8 Å². The predicted molar refractivity (Wildman–Crippen MR) is 69.2 cm³/mol. The minimum Gasteiger partial charge on any atom is -0.467 e. The third-order valence-electron chi connectivity index (χ3n) is 2.74. The zero-order valence-corrected chi connectivity index (χ0v) is 11.0. The average Bonchev–Trinajstić information content (AvgIpc) is 2.30. The second kappa shape index (κ2) is 5.08. The number of ether oxygens (including phenoxy) is 1. The second-order valence-corrected chi connectivity index (χ2v) is 4.59. The minimum absolute atomic E-state index is 0.352. The number of hydrogen-bond acceptors (Lipinski definition) is 4. The Kier molecular flexibility index (Phi) is 3.96. The molecule has 0 aliphatic carbocycles. The molecule has 0 fully saturated rings. The fourth-order valence-electron chi connectivity index (χ4n) is 1.56. The number of methoxy groups -OCH3 is 1. The van der Waals surface area contributed by atoms with Gasteiger partial charge in [0.25, 0.3) is 5.91 Å². The first-order valence-electron chi connectivity index (χ1n) is 5.55. The molecule has 0 aliphatic heterocycles. The number of rotatable bonds is 3. The third kappa shape index (κ3) is 2.80. The van der Waals surface area contributed by atoms with Crippen LogP contribution >= 0.6 is 0 Å². The number of anilines is 1. The van der Waals surface area contributed by atoms with Gasteiger partial charge in [-0.05, 0) is 38.5 Å². The van der Waals surface area contributed by atoms with Crippen molar-refractivity contribution in [3.8, 4) is 0 Å². The molecule has 1 aromatic carbocycles. The van der Waals surface area contributed by atoms with E-state index in [1.54, 1.807) is 39.0 Å². The van der Waals surface area contributed by atoms with Crippen molar-refractivity contribution in [3.63, 3.8) is 0 Å². The Morgan fingerprint density at radius 2 is 1.94 bits per heavy atom. The van der Waals surface area contributed by atoms with E-state index in [1.165, 1.54) is 7.11 Å². The zero-order chi connectivity index (χ0) is 13.9. The SMILES string of the molecule is COC(=O)C(C)(C)NC(=O)c1cccc(N)c1C. The van der Waals surface area contributed by atoms with Crippen LogP contribution in [0.4, 0.5) is 5.69 Å². The number of benzene rings is 1. The van der Waals surface area contributed by atoms with Gasteiger partial charge in [-0.2, -0.15) is 0 Å². The molecule has 0 bridgehead atoms. The number of amides is 1. The Morgan fingerprint density at radius 3 is 2.50 bits per heavy atom. The molecule has 1 aromatic rings. The van der Waals surface area contributed by atoms with Crippen molar-refractivity contribution in [1.29, 1.82) is 0 Å². The highest BCUT2D eigenvalue weighted by atomic mass is 16.5. The van der Waals surface area contributed by atoms with Gasteiger partial charge in [-0.25, -0.2) is 4.79 Å². The first kappa shape index (κ1) is 14.0. The lowest BCUT2D eigenvalue weighted by atomic mass is 10.0. The number of carbonyl (C=O) groups is 2. The number of esters is 1. The van der Waals surface area contributed by atoms with Crippen molar-refractivity contribution in [3.05, 3.63) is 29.3 Å². The largest absolute Gasteiger partial charge is 0.467 e. The molecule has 0 radical (unpaired) electrons. The predicted octanol–water partition coefficient (Wildman–Crippen LogP) is 1.26. The highest BCUT2D eigenvalue weighted by Gasteiger charge is 2.31. The number of carbonyl (C=O) groups excluding carboxylic acids is 2. The summed E-state index contributed by atoms with van der Waals surface area (Å²) in [7, 11) is 1.28. The number of hydrogen-bond donors (Lipinski definition) is 2. The van der Waals surface area contributed by atoms with Crippen LogP contribution in [0.25, 0.3) is 0 Å². The Hall–Kier alpha value is -2.04. The molecule has 5 heteroatoms. The number of nitrogens with one attached hydrogen (secondary N) is 1. The lowest BCUT2D eigenvalue weighted by molar-refractivity contribution is -0.146. The summed E-state index contributed by atoms with van der Waals surface area (Å²) >= 11 is 0. The summed E-state index contributed by atoms with van der Waals surface area (Å²) in [5.74, 6) is -0.854. The summed E-state index contributed by atoms with van der Waals surface area (Å²) in [5, 5.41) is 2.62. The van der Waals surface area contributed by atoms with Crippen LogP contribution in [0.5, 0.6) is 0 Å². The molecule has 1 rings (SSSR count). The molecule has 3 N–H and O–H groups in total. The normalized spacial score (nSPS) is 10.9. The molecule has 0 saturated heterocycles. The van der Waals surface area contributed by atoms with E-state index in [2.05, 4.69) is 10.1 Å². The van der Waals surface area contributed by atoms with Crippen LogP contribution in [0.2, 0.25) is 0 Å². The van der Waals surface area contributed by atoms with Gasteiger partial charge in [0.05, 0.1) is 7.11 Å². The van der Waals surface area contributed by atoms with E-state index in [4.69, 9.17) is 5.73 Å². The fraction of sp³-hybridized carbons (Fsp3) is 0.385. The van der Waals surface area contributed by atoms with Crippen LogP contribution in [0.3, 0.4) is 0 Å². The highest BCUT2D eigenvalue weighted by molar-refractivity contribution is 5.99. The summed E-state index contributed by atoms with van der Waals surface area (Å²) in [6.45, 7) is 4.92. The van der Waals surface area contributed by atoms with Crippen LogP contribution in [-0.4, -0.2) is 24.5 Å². The molecule has 98 valence electrons. The van der Waals surface area contributed by atoms with Gasteiger partial charge in [0.15, 0.2) is 0 Å². The zero-order valence-electron chi connectivity index (χ0n) is 11.0. The molecular weight excluding hydrogens is 232 g/mol. The maximum atomic E-state index is 12.1. The first-order valence-corrected chi connectivity index (χ1v) is 5.55. The molecule has 0 spiro atoms. The Labute approximate surface area is 106 Å². The quantitative estimate of drug-likeness (QED) is 0.625. The van der Waals surface area contributed by atoms with Crippen LogP contribution in [0.15, 0.2) is 18.2 Å². The Bertz CT molecular complexity index is 481. The van der Waals surface area contributed by atoms with Crippen LogP contribution in [0, 0.1) is 6.92 Å². The number of nitrogens with two attached hydrogens (primary N) is 1. The maximum absolute atomic E-state index is 12.1. The summed E-state index contributed by atoms with van der Waals surface area (Å²) in [6, 6.07) is 5.08.